The molecule has 0 aliphatic rings. The first kappa shape index (κ1) is 12.1. The molecule has 2 rings (SSSR count). The summed E-state index contributed by atoms with van der Waals surface area (Å²) in [7, 11) is 1.78. The molecule has 0 atom stereocenters. The molecule has 0 aliphatic heterocycles. The third-order valence-corrected chi connectivity index (χ3v) is 2.46. The molecule has 18 heavy (non-hydrogen) atoms. The molecule has 0 unspecified atom stereocenters. The van der Waals surface area contributed by atoms with Gasteiger partial charge in [0.05, 0.1) is 5.69 Å². The van der Waals surface area contributed by atoms with E-state index in [9.17, 15) is 9.18 Å². The Balaban J connectivity index is 2.06. The van der Waals surface area contributed by atoms with E-state index in [1.54, 1.807) is 30.1 Å². The predicted octanol–water partition coefficient (Wildman–Crippen LogP) is 1.71. The van der Waals surface area contributed by atoms with Gasteiger partial charge in [0, 0.05) is 25.0 Å². The molecule has 0 bridgehead atoms. The maximum Gasteiger partial charge on any atom is 0.211 e. The van der Waals surface area contributed by atoms with E-state index in [2.05, 4.69) is 10.4 Å². The summed E-state index contributed by atoms with van der Waals surface area (Å²) in [5.41, 5.74) is 1.22. The molecule has 1 heterocycles. The Morgan fingerprint density at radius 2 is 2.33 bits per heavy atom. The smallest absolute Gasteiger partial charge is 0.211 e. The minimum absolute atomic E-state index is 0.132. The van der Waals surface area contributed by atoms with Gasteiger partial charge in [-0.2, -0.15) is 5.10 Å². The fourth-order valence-corrected chi connectivity index (χ4v) is 1.47. The van der Waals surface area contributed by atoms with E-state index in [0.29, 0.717) is 12.1 Å². The molecule has 0 spiro atoms. The van der Waals surface area contributed by atoms with Crippen molar-refractivity contribution in [1.29, 1.82) is 0 Å². The van der Waals surface area contributed by atoms with Gasteiger partial charge in [-0.25, -0.2) is 4.39 Å². The summed E-state index contributed by atoms with van der Waals surface area (Å²) in [6.45, 7) is 0.230. The summed E-state index contributed by atoms with van der Waals surface area (Å²) in [5, 5.41) is 6.35. The van der Waals surface area contributed by atoms with Crippen LogP contribution in [0.15, 0.2) is 30.5 Å². The molecule has 94 valence electrons. The second-order valence-electron chi connectivity index (χ2n) is 3.64. The highest BCUT2D eigenvalue weighted by Gasteiger charge is 2.06. The molecule has 2 aromatic rings. The average molecular weight is 249 g/mol. The molecular weight excluding hydrogens is 237 g/mol. The normalized spacial score (nSPS) is 10.1. The van der Waals surface area contributed by atoms with Crippen LogP contribution in [-0.4, -0.2) is 16.2 Å². The number of amides is 1. The van der Waals surface area contributed by atoms with Gasteiger partial charge in [-0.1, -0.05) is 0 Å². The number of aryl methyl sites for hydroxylation is 1. The minimum atomic E-state index is -0.524. The number of anilines is 1. The van der Waals surface area contributed by atoms with Crippen molar-refractivity contribution in [2.45, 2.75) is 6.61 Å². The second kappa shape index (κ2) is 5.31. The Morgan fingerprint density at radius 3 is 2.94 bits per heavy atom. The molecule has 1 amide bonds. The fourth-order valence-electron chi connectivity index (χ4n) is 1.47. The quantitative estimate of drug-likeness (QED) is 0.821. The van der Waals surface area contributed by atoms with Crippen molar-refractivity contribution in [1.82, 2.24) is 9.78 Å². The summed E-state index contributed by atoms with van der Waals surface area (Å²) < 4.78 is 20.6. The van der Waals surface area contributed by atoms with Gasteiger partial charge in [-0.05, 0) is 18.2 Å². The van der Waals surface area contributed by atoms with Gasteiger partial charge in [0.1, 0.15) is 6.61 Å². The lowest BCUT2D eigenvalue weighted by atomic mass is 10.3. The lowest BCUT2D eigenvalue weighted by Gasteiger charge is -2.08. The highest BCUT2D eigenvalue weighted by molar-refractivity contribution is 5.71. The van der Waals surface area contributed by atoms with E-state index in [-0.39, 0.29) is 12.4 Å². The second-order valence-corrected chi connectivity index (χ2v) is 3.64. The third kappa shape index (κ3) is 2.65. The minimum Gasteiger partial charge on any atom is -0.484 e. The predicted molar refractivity (Wildman–Crippen MR) is 63.6 cm³/mol. The lowest BCUT2D eigenvalue weighted by Crippen LogP contribution is -2.04. The van der Waals surface area contributed by atoms with Crippen LogP contribution >= 0.6 is 0 Å². The van der Waals surface area contributed by atoms with Gasteiger partial charge in [0.15, 0.2) is 11.6 Å². The van der Waals surface area contributed by atoms with Crippen molar-refractivity contribution >= 4 is 12.1 Å². The van der Waals surface area contributed by atoms with E-state index in [1.807, 2.05) is 0 Å². The number of nitrogens with zero attached hydrogens (tertiary/aromatic N) is 2. The Labute approximate surface area is 103 Å². The number of carbonyl (C=O) groups excluding carboxylic acids is 1. The van der Waals surface area contributed by atoms with Crippen LogP contribution in [0.1, 0.15) is 5.69 Å². The molecule has 1 aromatic heterocycles. The summed E-state index contributed by atoms with van der Waals surface area (Å²) in [4.78, 5) is 10.2. The van der Waals surface area contributed by atoms with E-state index in [4.69, 9.17) is 4.74 Å². The summed E-state index contributed by atoms with van der Waals surface area (Å²) in [5.74, 6) is -0.392. The largest absolute Gasteiger partial charge is 0.484 e. The van der Waals surface area contributed by atoms with E-state index in [0.717, 1.165) is 5.69 Å². The lowest BCUT2D eigenvalue weighted by molar-refractivity contribution is -0.105. The van der Waals surface area contributed by atoms with E-state index < -0.39 is 5.82 Å². The van der Waals surface area contributed by atoms with Crippen LogP contribution < -0.4 is 10.1 Å². The van der Waals surface area contributed by atoms with Crippen LogP contribution in [0.5, 0.6) is 5.75 Å². The Morgan fingerprint density at radius 1 is 1.50 bits per heavy atom. The molecule has 1 aromatic carbocycles. The maximum absolute atomic E-state index is 13.6. The summed E-state index contributed by atoms with van der Waals surface area (Å²) in [6, 6.07) is 6.03. The van der Waals surface area contributed by atoms with Gasteiger partial charge in [0.25, 0.3) is 0 Å². The highest BCUT2D eigenvalue weighted by Crippen LogP contribution is 2.21. The zero-order valence-corrected chi connectivity index (χ0v) is 9.76. The number of aromatic nitrogens is 2. The van der Waals surface area contributed by atoms with Gasteiger partial charge >= 0.3 is 0 Å². The Kier molecular flexibility index (Phi) is 3.57. The molecule has 0 fully saturated rings. The molecule has 6 heteroatoms. The van der Waals surface area contributed by atoms with Crippen molar-refractivity contribution in [3.8, 4) is 5.75 Å². The fraction of sp³-hybridized carbons (Fsp3) is 0.167. The number of nitrogens with one attached hydrogen (secondary N) is 1. The molecule has 5 nitrogen and oxygen atoms in total. The standard InChI is InChI=1S/C12H12FN3O2/c1-16-10(4-5-15-16)7-18-12-3-2-9(14-8-17)6-11(12)13/h2-6,8H,7H2,1H3,(H,14,17). The number of rotatable bonds is 5. The van der Waals surface area contributed by atoms with Crippen LogP contribution in [0, 0.1) is 5.82 Å². The van der Waals surface area contributed by atoms with E-state index >= 15 is 0 Å². The number of carbonyl (C=O) groups is 1. The number of hydrogen-bond acceptors (Lipinski definition) is 3. The van der Waals surface area contributed by atoms with Gasteiger partial charge in [0.2, 0.25) is 6.41 Å². The van der Waals surface area contributed by atoms with Gasteiger partial charge in [-0.15, -0.1) is 0 Å². The van der Waals surface area contributed by atoms with Crippen molar-refractivity contribution in [3.63, 3.8) is 0 Å². The van der Waals surface area contributed by atoms with Crippen molar-refractivity contribution in [2.75, 3.05) is 5.32 Å². The Hall–Kier alpha value is -2.37. The summed E-state index contributed by atoms with van der Waals surface area (Å²) >= 11 is 0. The van der Waals surface area contributed by atoms with E-state index in [1.165, 1.54) is 12.1 Å². The number of benzene rings is 1. The number of ether oxygens (including phenoxy) is 1. The van der Waals surface area contributed by atoms with Crippen LogP contribution in [0.3, 0.4) is 0 Å². The molecule has 1 N–H and O–H groups in total. The third-order valence-electron chi connectivity index (χ3n) is 2.46. The van der Waals surface area contributed by atoms with Crippen molar-refractivity contribution in [2.24, 2.45) is 7.05 Å². The van der Waals surface area contributed by atoms with Crippen molar-refractivity contribution < 1.29 is 13.9 Å². The van der Waals surface area contributed by atoms with Crippen LogP contribution in [0.2, 0.25) is 0 Å². The topological polar surface area (TPSA) is 56.1 Å². The number of halogens is 1. The molecule has 0 saturated heterocycles. The highest BCUT2D eigenvalue weighted by atomic mass is 19.1. The molecule has 0 saturated carbocycles. The first-order valence-corrected chi connectivity index (χ1v) is 5.30. The SMILES string of the molecule is Cn1nccc1COc1ccc(NC=O)cc1F. The monoisotopic (exact) mass is 249 g/mol. The molecule has 0 aliphatic carbocycles. The zero-order chi connectivity index (χ0) is 13.0. The van der Waals surface area contributed by atoms with Crippen molar-refractivity contribution in [3.05, 3.63) is 42.0 Å². The maximum atomic E-state index is 13.6. The average Bonchev–Trinajstić information content (AvgIpc) is 2.74. The zero-order valence-electron chi connectivity index (χ0n) is 9.76. The van der Waals surface area contributed by atoms with Gasteiger partial charge in [-0.3, -0.25) is 9.48 Å². The number of hydrogen-bond donors (Lipinski definition) is 1. The first-order valence-electron chi connectivity index (χ1n) is 5.30. The van der Waals surface area contributed by atoms with Crippen LogP contribution in [0.25, 0.3) is 0 Å². The van der Waals surface area contributed by atoms with Crippen LogP contribution in [-0.2, 0) is 18.4 Å². The first-order chi connectivity index (χ1) is 8.70. The van der Waals surface area contributed by atoms with Crippen LogP contribution in [0.4, 0.5) is 10.1 Å². The Bertz CT molecular complexity index is 554. The molecule has 0 radical (unpaired) electrons. The molecular formula is C12H12FN3O2. The van der Waals surface area contributed by atoms with Gasteiger partial charge < -0.3 is 10.1 Å². The summed E-state index contributed by atoms with van der Waals surface area (Å²) in [6.07, 6.45) is 2.14.